The molecule has 0 bridgehead atoms. The molecular weight excluding hydrogens is 400 g/mol. The lowest BCUT2D eigenvalue weighted by molar-refractivity contribution is 0.312. The second-order valence-corrected chi connectivity index (χ2v) is 9.55. The van der Waals surface area contributed by atoms with Crippen LogP contribution >= 0.6 is 0 Å². The molecule has 0 saturated heterocycles. The van der Waals surface area contributed by atoms with Gasteiger partial charge in [0, 0.05) is 0 Å². The van der Waals surface area contributed by atoms with Gasteiger partial charge in [-0.25, -0.2) is 0 Å². The van der Waals surface area contributed by atoms with Crippen LogP contribution in [-0.2, 0) is 12.8 Å². The molecule has 1 fully saturated rings. The lowest BCUT2D eigenvalue weighted by atomic mass is 9.77. The molecule has 3 aromatic carbocycles. The van der Waals surface area contributed by atoms with Gasteiger partial charge in [0.05, 0.1) is 0 Å². The first kappa shape index (κ1) is 23.4. The van der Waals surface area contributed by atoms with Gasteiger partial charge in [-0.15, -0.1) is 6.58 Å². The molecule has 0 unspecified atom stereocenters. The summed E-state index contributed by atoms with van der Waals surface area (Å²) in [6.07, 6.45) is 16.2. The smallest absolute Gasteiger partial charge is 0.120 e. The molecule has 0 atom stereocenters. The van der Waals surface area contributed by atoms with Crippen LogP contribution in [0.1, 0.15) is 68.1 Å². The van der Waals surface area contributed by atoms with E-state index in [1.165, 1.54) is 60.4 Å². The number of fused-ring (bicyclic) bond motifs is 1. The maximum absolute atomic E-state index is 5.77. The third-order valence-corrected chi connectivity index (χ3v) is 7.24. The number of hydrogen-bond donors (Lipinski definition) is 0. The van der Waals surface area contributed by atoms with Crippen molar-refractivity contribution < 1.29 is 4.74 Å². The van der Waals surface area contributed by atoms with Gasteiger partial charge >= 0.3 is 0 Å². The Morgan fingerprint density at radius 3 is 2.30 bits per heavy atom. The Morgan fingerprint density at radius 2 is 1.55 bits per heavy atom. The minimum atomic E-state index is 0.621. The molecule has 33 heavy (non-hydrogen) atoms. The first-order chi connectivity index (χ1) is 16.2. The lowest BCUT2D eigenvalue weighted by Crippen LogP contribution is -2.13. The Hall–Kier alpha value is -2.80. The van der Waals surface area contributed by atoms with Gasteiger partial charge in [0.25, 0.3) is 0 Å². The zero-order chi connectivity index (χ0) is 22.9. The summed E-state index contributed by atoms with van der Waals surface area (Å²) in [7, 11) is 0. The lowest BCUT2D eigenvalue weighted by Gasteiger charge is -2.28. The van der Waals surface area contributed by atoms with E-state index in [1.807, 2.05) is 19.1 Å². The second-order valence-electron chi connectivity index (χ2n) is 9.55. The van der Waals surface area contributed by atoms with Gasteiger partial charge in [-0.2, -0.15) is 0 Å². The standard InChI is InChI=1S/C32H38O/c1-3-5-7-25-10-15-28(16-11-25)29-17-12-26(13-18-29)8-9-27-14-19-31-24-32(33-22-6-4-2)21-20-30(31)23-27/h3-4,6,12-14,17-21,23-25,28H,1,5,7-11,15-16,22H2,2H3. The Balaban J connectivity index is 1.30. The first-order valence-electron chi connectivity index (χ1n) is 12.7. The molecule has 0 radical (unpaired) electrons. The maximum atomic E-state index is 5.77. The van der Waals surface area contributed by atoms with Crippen LogP contribution in [0.2, 0.25) is 0 Å². The van der Waals surface area contributed by atoms with E-state index in [2.05, 4.69) is 73.3 Å². The predicted octanol–water partition coefficient (Wildman–Crippen LogP) is 8.82. The van der Waals surface area contributed by atoms with Crippen LogP contribution in [0, 0.1) is 5.92 Å². The Labute approximate surface area is 200 Å². The average molecular weight is 439 g/mol. The fraction of sp³-hybridized carbons (Fsp3) is 0.375. The SMILES string of the molecule is C=CCCC1CCC(c2ccc(CCc3ccc4cc(OCC=CC)ccc4c3)cc2)CC1. The predicted molar refractivity (Wildman–Crippen MR) is 142 cm³/mol. The summed E-state index contributed by atoms with van der Waals surface area (Å²) in [6, 6.07) is 22.7. The highest BCUT2D eigenvalue weighted by molar-refractivity contribution is 5.84. The quantitative estimate of drug-likeness (QED) is 0.287. The second kappa shape index (κ2) is 11.9. The van der Waals surface area contributed by atoms with E-state index in [1.54, 1.807) is 5.56 Å². The van der Waals surface area contributed by atoms with Crippen molar-refractivity contribution in [3.63, 3.8) is 0 Å². The molecule has 4 rings (SSSR count). The molecule has 172 valence electrons. The van der Waals surface area contributed by atoms with E-state index in [0.29, 0.717) is 6.61 Å². The molecule has 0 spiro atoms. The molecule has 1 aliphatic carbocycles. The Morgan fingerprint density at radius 1 is 0.848 bits per heavy atom. The van der Waals surface area contributed by atoms with Crippen LogP contribution in [0.5, 0.6) is 5.75 Å². The van der Waals surface area contributed by atoms with Crippen molar-refractivity contribution in [1.29, 1.82) is 0 Å². The summed E-state index contributed by atoms with van der Waals surface area (Å²) in [4.78, 5) is 0. The van der Waals surface area contributed by atoms with Crippen LogP contribution in [0.15, 0.2) is 85.5 Å². The summed E-state index contributed by atoms with van der Waals surface area (Å²) in [5.41, 5.74) is 4.37. The summed E-state index contributed by atoms with van der Waals surface area (Å²) in [6.45, 7) is 6.50. The van der Waals surface area contributed by atoms with Crippen molar-refractivity contribution in [2.24, 2.45) is 5.92 Å². The number of allylic oxidation sites excluding steroid dienone is 2. The van der Waals surface area contributed by atoms with Crippen molar-refractivity contribution in [3.8, 4) is 5.75 Å². The van der Waals surface area contributed by atoms with E-state index in [9.17, 15) is 0 Å². The van der Waals surface area contributed by atoms with Gasteiger partial charge in [0.1, 0.15) is 12.4 Å². The van der Waals surface area contributed by atoms with Gasteiger partial charge in [0.15, 0.2) is 0 Å². The molecule has 0 amide bonds. The summed E-state index contributed by atoms with van der Waals surface area (Å²) in [5, 5.41) is 2.52. The molecule has 0 aliphatic heterocycles. The molecule has 0 aromatic heterocycles. The van der Waals surface area contributed by atoms with E-state index in [-0.39, 0.29) is 0 Å². The minimum absolute atomic E-state index is 0.621. The van der Waals surface area contributed by atoms with E-state index in [4.69, 9.17) is 4.74 Å². The monoisotopic (exact) mass is 438 g/mol. The molecule has 0 heterocycles. The van der Waals surface area contributed by atoms with E-state index < -0.39 is 0 Å². The van der Waals surface area contributed by atoms with Crippen molar-refractivity contribution in [1.82, 2.24) is 0 Å². The average Bonchev–Trinajstić information content (AvgIpc) is 2.87. The fourth-order valence-electron chi connectivity index (χ4n) is 5.14. The highest BCUT2D eigenvalue weighted by atomic mass is 16.5. The fourth-order valence-corrected chi connectivity index (χ4v) is 5.14. The van der Waals surface area contributed by atoms with Gasteiger partial charge < -0.3 is 4.74 Å². The maximum Gasteiger partial charge on any atom is 0.120 e. The van der Waals surface area contributed by atoms with Crippen LogP contribution in [0.3, 0.4) is 0 Å². The Kier molecular flexibility index (Phi) is 8.41. The number of benzene rings is 3. The van der Waals surface area contributed by atoms with Gasteiger partial charge in [-0.3, -0.25) is 0 Å². The molecule has 3 aromatic rings. The van der Waals surface area contributed by atoms with Crippen molar-refractivity contribution in [2.45, 2.75) is 64.2 Å². The molecule has 1 heteroatoms. The van der Waals surface area contributed by atoms with E-state index >= 15 is 0 Å². The molecule has 1 aliphatic rings. The topological polar surface area (TPSA) is 9.23 Å². The van der Waals surface area contributed by atoms with Crippen LogP contribution in [0.4, 0.5) is 0 Å². The molecule has 1 saturated carbocycles. The zero-order valence-electron chi connectivity index (χ0n) is 20.1. The molecular formula is C32H38O. The van der Waals surface area contributed by atoms with E-state index in [0.717, 1.165) is 30.4 Å². The highest BCUT2D eigenvalue weighted by Crippen LogP contribution is 2.37. The summed E-state index contributed by atoms with van der Waals surface area (Å²) >= 11 is 0. The van der Waals surface area contributed by atoms with Crippen LogP contribution in [-0.4, -0.2) is 6.61 Å². The zero-order valence-corrected chi connectivity index (χ0v) is 20.1. The minimum Gasteiger partial charge on any atom is -0.490 e. The van der Waals surface area contributed by atoms with Crippen molar-refractivity contribution >= 4 is 10.8 Å². The summed E-state index contributed by atoms with van der Waals surface area (Å²) in [5.74, 6) is 2.60. The summed E-state index contributed by atoms with van der Waals surface area (Å²) < 4.78 is 5.77. The highest BCUT2D eigenvalue weighted by Gasteiger charge is 2.21. The molecule has 1 nitrogen and oxygen atoms in total. The van der Waals surface area contributed by atoms with Crippen LogP contribution in [0.25, 0.3) is 10.8 Å². The van der Waals surface area contributed by atoms with Crippen LogP contribution < -0.4 is 4.74 Å². The number of rotatable bonds is 10. The van der Waals surface area contributed by atoms with Gasteiger partial charge in [-0.05, 0) is 110 Å². The van der Waals surface area contributed by atoms with Crippen molar-refractivity contribution in [2.75, 3.05) is 6.61 Å². The first-order valence-corrected chi connectivity index (χ1v) is 12.7. The number of aryl methyl sites for hydroxylation is 2. The van der Waals surface area contributed by atoms with Crippen molar-refractivity contribution in [3.05, 3.63) is 102 Å². The molecule has 0 N–H and O–H groups in total. The third kappa shape index (κ3) is 6.60. The number of ether oxygens (including phenoxy) is 1. The van der Waals surface area contributed by atoms with Gasteiger partial charge in [-0.1, -0.05) is 66.8 Å². The normalized spacial score (nSPS) is 18.6. The number of hydrogen-bond acceptors (Lipinski definition) is 1. The Bertz CT molecular complexity index is 1050. The third-order valence-electron chi connectivity index (χ3n) is 7.24. The largest absolute Gasteiger partial charge is 0.490 e. The van der Waals surface area contributed by atoms with Gasteiger partial charge in [0.2, 0.25) is 0 Å².